The summed E-state index contributed by atoms with van der Waals surface area (Å²) in [5, 5.41) is 0. The number of nitrogens with two attached hydrogens (primary N) is 1. The predicted octanol–water partition coefficient (Wildman–Crippen LogP) is 4.01. The van der Waals surface area contributed by atoms with E-state index in [0.717, 1.165) is 10.0 Å². The molecule has 0 aliphatic carbocycles. The molecule has 2 aromatic carbocycles. The van der Waals surface area contributed by atoms with E-state index >= 15 is 0 Å². The average molecular weight is 322 g/mol. The first kappa shape index (κ1) is 13.7. The molecule has 0 unspecified atom stereocenters. The molecule has 19 heavy (non-hydrogen) atoms. The topological polar surface area (TPSA) is 44.5 Å². The molecule has 0 aromatic heterocycles. The second-order valence-electron chi connectivity index (χ2n) is 4.02. The Morgan fingerprint density at radius 1 is 1.05 bits per heavy atom. The van der Waals surface area contributed by atoms with Gasteiger partial charge in [0.05, 0.1) is 6.61 Å². The van der Waals surface area contributed by atoms with Crippen LogP contribution in [0.1, 0.15) is 12.5 Å². The van der Waals surface area contributed by atoms with E-state index in [1.54, 1.807) is 0 Å². The fourth-order valence-electron chi connectivity index (χ4n) is 1.72. The van der Waals surface area contributed by atoms with Crippen LogP contribution in [0.25, 0.3) is 0 Å². The maximum Gasteiger partial charge on any atom is 0.146 e. The smallest absolute Gasteiger partial charge is 0.146 e. The quantitative estimate of drug-likeness (QED) is 0.846. The van der Waals surface area contributed by atoms with E-state index in [0.29, 0.717) is 30.4 Å². The SMILES string of the molecule is CCOc1cccc(OCc2cccc(Br)c2)c1N. The molecule has 0 saturated carbocycles. The lowest BCUT2D eigenvalue weighted by atomic mass is 10.2. The van der Waals surface area contributed by atoms with E-state index in [9.17, 15) is 0 Å². The van der Waals surface area contributed by atoms with Crippen molar-refractivity contribution in [3.05, 3.63) is 52.5 Å². The molecule has 0 saturated heterocycles. The fourth-order valence-corrected chi connectivity index (χ4v) is 2.17. The van der Waals surface area contributed by atoms with E-state index < -0.39 is 0 Å². The summed E-state index contributed by atoms with van der Waals surface area (Å²) < 4.78 is 12.2. The van der Waals surface area contributed by atoms with Gasteiger partial charge in [-0.3, -0.25) is 0 Å². The highest BCUT2D eigenvalue weighted by atomic mass is 79.9. The van der Waals surface area contributed by atoms with E-state index in [1.165, 1.54) is 0 Å². The number of ether oxygens (including phenoxy) is 2. The standard InChI is InChI=1S/C15H16BrNO2/c1-2-18-13-7-4-8-14(15(13)17)19-10-11-5-3-6-12(16)9-11/h3-9H,2,10,17H2,1H3. The molecule has 0 spiro atoms. The van der Waals surface area contributed by atoms with Crippen molar-refractivity contribution >= 4 is 21.6 Å². The predicted molar refractivity (Wildman–Crippen MR) is 80.5 cm³/mol. The number of nitrogen functional groups attached to an aromatic ring is 1. The molecule has 0 atom stereocenters. The lowest BCUT2D eigenvalue weighted by Crippen LogP contribution is -2.02. The highest BCUT2D eigenvalue weighted by molar-refractivity contribution is 9.10. The van der Waals surface area contributed by atoms with E-state index in [2.05, 4.69) is 15.9 Å². The molecule has 0 aliphatic heterocycles. The van der Waals surface area contributed by atoms with Crippen LogP contribution in [0.3, 0.4) is 0 Å². The van der Waals surface area contributed by atoms with Crippen molar-refractivity contribution in [1.29, 1.82) is 0 Å². The zero-order chi connectivity index (χ0) is 13.7. The van der Waals surface area contributed by atoms with Crippen LogP contribution >= 0.6 is 15.9 Å². The van der Waals surface area contributed by atoms with Crippen molar-refractivity contribution in [2.45, 2.75) is 13.5 Å². The molecule has 0 amide bonds. The Morgan fingerprint density at radius 2 is 1.74 bits per heavy atom. The Morgan fingerprint density at radius 3 is 2.42 bits per heavy atom. The molecule has 0 bridgehead atoms. The molecule has 2 aromatic rings. The van der Waals surface area contributed by atoms with Gasteiger partial charge in [-0.05, 0) is 36.8 Å². The molecule has 0 radical (unpaired) electrons. The number of para-hydroxylation sites is 1. The van der Waals surface area contributed by atoms with Crippen LogP contribution in [0.15, 0.2) is 46.9 Å². The number of benzene rings is 2. The van der Waals surface area contributed by atoms with Crippen molar-refractivity contribution in [3.63, 3.8) is 0 Å². The van der Waals surface area contributed by atoms with Crippen LogP contribution in [0.5, 0.6) is 11.5 Å². The summed E-state index contributed by atoms with van der Waals surface area (Å²) in [6.45, 7) is 2.98. The van der Waals surface area contributed by atoms with Crippen LogP contribution in [0.4, 0.5) is 5.69 Å². The summed E-state index contributed by atoms with van der Waals surface area (Å²) in [5.41, 5.74) is 7.62. The Balaban J connectivity index is 2.09. The van der Waals surface area contributed by atoms with E-state index in [-0.39, 0.29) is 0 Å². The molecule has 4 heteroatoms. The summed E-state index contributed by atoms with van der Waals surface area (Å²) in [5.74, 6) is 1.31. The summed E-state index contributed by atoms with van der Waals surface area (Å²) >= 11 is 3.43. The lowest BCUT2D eigenvalue weighted by Gasteiger charge is -2.12. The molecule has 100 valence electrons. The Hall–Kier alpha value is -1.68. The second-order valence-corrected chi connectivity index (χ2v) is 4.94. The van der Waals surface area contributed by atoms with Gasteiger partial charge in [-0.2, -0.15) is 0 Å². The monoisotopic (exact) mass is 321 g/mol. The van der Waals surface area contributed by atoms with Gasteiger partial charge in [-0.15, -0.1) is 0 Å². The maximum atomic E-state index is 6.00. The zero-order valence-electron chi connectivity index (χ0n) is 10.7. The molecular weight excluding hydrogens is 306 g/mol. The maximum absolute atomic E-state index is 6.00. The third-order valence-corrected chi connectivity index (χ3v) is 3.10. The normalized spacial score (nSPS) is 10.2. The first-order chi connectivity index (χ1) is 9.20. The van der Waals surface area contributed by atoms with Gasteiger partial charge in [-0.1, -0.05) is 34.1 Å². The summed E-state index contributed by atoms with van der Waals surface area (Å²) in [6.07, 6.45) is 0. The van der Waals surface area contributed by atoms with Gasteiger partial charge in [0.2, 0.25) is 0 Å². The van der Waals surface area contributed by atoms with Crippen molar-refractivity contribution in [3.8, 4) is 11.5 Å². The van der Waals surface area contributed by atoms with Gasteiger partial charge in [0.15, 0.2) is 0 Å². The second kappa shape index (κ2) is 6.48. The number of hydrogen-bond donors (Lipinski definition) is 1. The Kier molecular flexibility index (Phi) is 4.68. The van der Waals surface area contributed by atoms with Gasteiger partial charge in [0, 0.05) is 4.47 Å². The summed E-state index contributed by atoms with van der Waals surface area (Å²) in [6, 6.07) is 13.5. The van der Waals surface area contributed by atoms with Gasteiger partial charge in [-0.25, -0.2) is 0 Å². The van der Waals surface area contributed by atoms with Gasteiger partial charge in [0.25, 0.3) is 0 Å². The molecule has 2 N–H and O–H groups in total. The zero-order valence-corrected chi connectivity index (χ0v) is 12.3. The Labute approximate surface area is 121 Å². The van der Waals surface area contributed by atoms with Gasteiger partial charge < -0.3 is 15.2 Å². The molecule has 0 aliphatic rings. The number of halogens is 1. The van der Waals surface area contributed by atoms with Crippen molar-refractivity contribution < 1.29 is 9.47 Å². The molecule has 2 rings (SSSR count). The van der Waals surface area contributed by atoms with E-state index in [1.807, 2.05) is 49.4 Å². The minimum Gasteiger partial charge on any atom is -0.492 e. The number of anilines is 1. The van der Waals surface area contributed by atoms with Gasteiger partial charge >= 0.3 is 0 Å². The van der Waals surface area contributed by atoms with Crippen LogP contribution in [-0.4, -0.2) is 6.61 Å². The number of hydrogen-bond acceptors (Lipinski definition) is 3. The molecule has 0 fully saturated rings. The van der Waals surface area contributed by atoms with Crippen LogP contribution in [0, 0.1) is 0 Å². The van der Waals surface area contributed by atoms with Crippen molar-refractivity contribution in [2.24, 2.45) is 0 Å². The minimum atomic E-state index is 0.471. The van der Waals surface area contributed by atoms with Crippen molar-refractivity contribution in [2.75, 3.05) is 12.3 Å². The highest BCUT2D eigenvalue weighted by Gasteiger charge is 2.07. The lowest BCUT2D eigenvalue weighted by molar-refractivity contribution is 0.302. The Bertz CT molecular complexity index is 558. The first-order valence-corrected chi connectivity index (χ1v) is 6.88. The van der Waals surface area contributed by atoms with Crippen molar-refractivity contribution in [1.82, 2.24) is 0 Å². The minimum absolute atomic E-state index is 0.471. The van der Waals surface area contributed by atoms with E-state index in [4.69, 9.17) is 15.2 Å². The average Bonchev–Trinajstić information content (AvgIpc) is 2.40. The summed E-state index contributed by atoms with van der Waals surface area (Å²) in [4.78, 5) is 0. The van der Waals surface area contributed by atoms with Gasteiger partial charge in [0.1, 0.15) is 23.8 Å². The first-order valence-electron chi connectivity index (χ1n) is 6.09. The number of rotatable bonds is 5. The van der Waals surface area contributed by atoms with Crippen LogP contribution in [0.2, 0.25) is 0 Å². The molecule has 3 nitrogen and oxygen atoms in total. The fraction of sp³-hybridized carbons (Fsp3) is 0.200. The molecular formula is C15H16BrNO2. The van der Waals surface area contributed by atoms with Crippen LogP contribution < -0.4 is 15.2 Å². The highest BCUT2D eigenvalue weighted by Crippen LogP contribution is 2.31. The largest absolute Gasteiger partial charge is 0.492 e. The summed E-state index contributed by atoms with van der Waals surface area (Å²) in [7, 11) is 0. The van der Waals surface area contributed by atoms with Crippen LogP contribution in [-0.2, 0) is 6.61 Å². The molecule has 0 heterocycles. The third-order valence-electron chi connectivity index (χ3n) is 2.61. The third kappa shape index (κ3) is 3.64.